The Bertz CT molecular complexity index is 1280. The van der Waals surface area contributed by atoms with E-state index in [2.05, 4.69) is 0 Å². The molecule has 0 aromatic heterocycles. The van der Waals surface area contributed by atoms with Crippen LogP contribution in [0.5, 0.6) is 0 Å². The maximum absolute atomic E-state index is 14.4. The third-order valence-electron chi connectivity index (χ3n) is 9.97. The van der Waals surface area contributed by atoms with Crippen molar-refractivity contribution in [3.63, 3.8) is 0 Å². The first-order valence-electron chi connectivity index (χ1n) is 13.9. The van der Waals surface area contributed by atoms with Gasteiger partial charge >= 0.3 is 23.9 Å². The van der Waals surface area contributed by atoms with E-state index >= 15 is 0 Å². The SMILES string of the molecule is C/C=C(\C)C(=O)O[C@@H]1C2C(C2(C)C)[C@@]2(OC(C)=O)C(=C[C@@]34O[C@@]3(CC(C)[C@@H]4OC(C)=O)C(=O)[C@H]2C)[C@H]1OC(C)=O. The number of hydrogen-bond donors (Lipinski definition) is 0. The number of carbonyl (C=O) groups excluding carboxylic acids is 5. The van der Waals surface area contributed by atoms with E-state index in [0.717, 1.165) is 0 Å². The molecule has 3 saturated carbocycles. The molecule has 218 valence electrons. The minimum atomic E-state index is -1.49. The predicted molar refractivity (Wildman–Crippen MR) is 138 cm³/mol. The summed E-state index contributed by atoms with van der Waals surface area (Å²) in [5.74, 6) is -4.50. The number of allylic oxidation sites excluding steroid dienone is 1. The Balaban J connectivity index is 1.78. The third-order valence-corrected chi connectivity index (χ3v) is 9.97. The molecule has 4 aliphatic carbocycles. The highest BCUT2D eigenvalue weighted by Gasteiger charge is 2.88. The lowest BCUT2D eigenvalue weighted by atomic mass is 9.67. The van der Waals surface area contributed by atoms with Crippen LogP contribution in [0.4, 0.5) is 0 Å². The monoisotopic (exact) mass is 558 g/mol. The van der Waals surface area contributed by atoms with E-state index in [0.29, 0.717) is 17.6 Å². The minimum Gasteiger partial charge on any atom is -0.459 e. The maximum Gasteiger partial charge on any atom is 0.333 e. The second-order valence-electron chi connectivity index (χ2n) is 12.7. The Kier molecular flexibility index (Phi) is 6.23. The molecule has 10 atom stereocenters. The molecular weight excluding hydrogens is 520 g/mol. The summed E-state index contributed by atoms with van der Waals surface area (Å²) in [5.41, 5.74) is -3.96. The van der Waals surface area contributed by atoms with Crippen molar-refractivity contribution in [3.05, 3.63) is 23.3 Å². The van der Waals surface area contributed by atoms with E-state index in [9.17, 15) is 24.0 Å². The van der Waals surface area contributed by atoms with E-state index < -0.39 is 76.2 Å². The Morgan fingerprint density at radius 2 is 1.60 bits per heavy atom. The molecule has 1 saturated heterocycles. The Labute approximate surface area is 233 Å². The zero-order valence-electron chi connectivity index (χ0n) is 24.5. The van der Waals surface area contributed by atoms with Crippen LogP contribution in [0, 0.1) is 29.1 Å². The zero-order chi connectivity index (χ0) is 29.7. The summed E-state index contributed by atoms with van der Waals surface area (Å²) < 4.78 is 30.1. The van der Waals surface area contributed by atoms with Crippen LogP contribution in [-0.2, 0) is 47.7 Å². The Morgan fingerprint density at radius 3 is 2.15 bits per heavy atom. The van der Waals surface area contributed by atoms with Gasteiger partial charge in [-0.15, -0.1) is 0 Å². The van der Waals surface area contributed by atoms with Crippen molar-refractivity contribution in [2.75, 3.05) is 0 Å². The summed E-state index contributed by atoms with van der Waals surface area (Å²) in [4.78, 5) is 64.9. The molecule has 40 heavy (non-hydrogen) atoms. The van der Waals surface area contributed by atoms with Gasteiger partial charge in [-0.3, -0.25) is 19.2 Å². The lowest BCUT2D eigenvalue weighted by Crippen LogP contribution is -2.59. The quantitative estimate of drug-likeness (QED) is 0.163. The molecule has 10 heteroatoms. The van der Waals surface area contributed by atoms with Gasteiger partial charge in [0, 0.05) is 43.8 Å². The summed E-state index contributed by atoms with van der Waals surface area (Å²) in [7, 11) is 0. The molecule has 1 aliphatic heterocycles. The number of ether oxygens (including phenoxy) is 5. The lowest BCUT2D eigenvalue weighted by Gasteiger charge is -2.47. The van der Waals surface area contributed by atoms with Crippen molar-refractivity contribution in [1.29, 1.82) is 0 Å². The number of hydrogen-bond acceptors (Lipinski definition) is 10. The van der Waals surface area contributed by atoms with Gasteiger partial charge in [-0.25, -0.2) is 4.79 Å². The van der Waals surface area contributed by atoms with Crippen LogP contribution in [0.15, 0.2) is 23.3 Å². The molecule has 5 rings (SSSR count). The number of fused-ring (bicyclic) bond motifs is 3. The fourth-order valence-corrected chi connectivity index (χ4v) is 8.28. The van der Waals surface area contributed by atoms with Crippen LogP contribution in [0.25, 0.3) is 0 Å². The minimum absolute atomic E-state index is 0.210. The first-order chi connectivity index (χ1) is 18.5. The molecular formula is C30H38O10. The van der Waals surface area contributed by atoms with E-state index in [1.54, 1.807) is 32.9 Å². The van der Waals surface area contributed by atoms with Crippen molar-refractivity contribution in [2.45, 2.75) is 104 Å². The Morgan fingerprint density at radius 1 is 0.975 bits per heavy atom. The van der Waals surface area contributed by atoms with Gasteiger partial charge in [0.2, 0.25) is 0 Å². The summed E-state index contributed by atoms with van der Waals surface area (Å²) >= 11 is 0. The number of rotatable bonds is 5. The average molecular weight is 559 g/mol. The van der Waals surface area contributed by atoms with E-state index in [1.165, 1.54) is 20.8 Å². The molecule has 0 spiro atoms. The standard InChI is InChI=1S/C30H38O10/c1-10-13(2)26(35)38-22-20-23(27(20,8)9)30(39-18(7)33)15(4)24(34)28-11-14(3)25(37-17(6)32)29(28,40-28)12-19(30)21(22)36-16(5)31/h10,12,14-15,20-23,25H,11H2,1-9H3/b13-10+/t14?,15-,20?,21-,22-,23?,25+,28+,29+,30+/m1/s1. The first kappa shape index (κ1) is 28.5. The first-order valence-corrected chi connectivity index (χ1v) is 13.9. The second-order valence-corrected chi connectivity index (χ2v) is 12.7. The summed E-state index contributed by atoms with van der Waals surface area (Å²) in [6, 6.07) is 0. The fraction of sp³-hybridized carbons (Fsp3) is 0.700. The highest BCUT2D eigenvalue weighted by Crippen LogP contribution is 2.76. The molecule has 0 aromatic carbocycles. The molecule has 3 unspecified atom stereocenters. The molecule has 0 aromatic rings. The molecule has 0 bridgehead atoms. The molecule has 0 amide bonds. The molecule has 0 N–H and O–H groups in total. The van der Waals surface area contributed by atoms with Crippen molar-refractivity contribution >= 4 is 29.7 Å². The second kappa shape index (κ2) is 8.74. The number of esters is 4. The molecule has 1 heterocycles. The highest BCUT2D eigenvalue weighted by molar-refractivity contribution is 5.98. The van der Waals surface area contributed by atoms with E-state index in [4.69, 9.17) is 23.7 Å². The van der Waals surface area contributed by atoms with E-state index in [-0.39, 0.29) is 17.6 Å². The molecule has 5 aliphatic rings. The van der Waals surface area contributed by atoms with Crippen molar-refractivity contribution in [3.8, 4) is 0 Å². The van der Waals surface area contributed by atoms with Gasteiger partial charge in [0.1, 0.15) is 12.2 Å². The van der Waals surface area contributed by atoms with Crippen LogP contribution in [0.1, 0.15) is 68.7 Å². The lowest BCUT2D eigenvalue weighted by molar-refractivity contribution is -0.184. The van der Waals surface area contributed by atoms with Crippen molar-refractivity contribution < 1.29 is 47.7 Å². The van der Waals surface area contributed by atoms with Gasteiger partial charge < -0.3 is 23.7 Å². The number of ketones is 1. The van der Waals surface area contributed by atoms with Crippen LogP contribution in [0.3, 0.4) is 0 Å². The molecule has 10 nitrogen and oxygen atoms in total. The normalized spacial score (nSPS) is 43.9. The fourth-order valence-electron chi connectivity index (χ4n) is 8.28. The largest absolute Gasteiger partial charge is 0.459 e. The van der Waals surface area contributed by atoms with Crippen LogP contribution < -0.4 is 0 Å². The van der Waals surface area contributed by atoms with Gasteiger partial charge in [-0.05, 0) is 37.7 Å². The van der Waals surface area contributed by atoms with Crippen LogP contribution >= 0.6 is 0 Å². The van der Waals surface area contributed by atoms with Gasteiger partial charge in [0.25, 0.3) is 0 Å². The number of epoxide rings is 1. The van der Waals surface area contributed by atoms with Gasteiger partial charge in [-0.1, -0.05) is 33.8 Å². The van der Waals surface area contributed by atoms with Gasteiger partial charge in [0.05, 0.1) is 5.92 Å². The van der Waals surface area contributed by atoms with Crippen molar-refractivity contribution in [2.24, 2.45) is 29.1 Å². The van der Waals surface area contributed by atoms with Crippen molar-refractivity contribution in [1.82, 2.24) is 0 Å². The Hall–Kier alpha value is -3.01. The predicted octanol–water partition coefficient (Wildman–Crippen LogP) is 3.01. The summed E-state index contributed by atoms with van der Waals surface area (Å²) in [6.07, 6.45) is 0.740. The molecule has 0 radical (unpaired) electrons. The average Bonchev–Trinajstić information content (AvgIpc) is 3.65. The van der Waals surface area contributed by atoms with Crippen LogP contribution in [-0.4, -0.2) is 64.8 Å². The summed E-state index contributed by atoms with van der Waals surface area (Å²) in [6.45, 7) is 14.7. The number of carbonyl (C=O) groups is 5. The maximum atomic E-state index is 14.4. The molecule has 4 fully saturated rings. The summed E-state index contributed by atoms with van der Waals surface area (Å²) in [5, 5.41) is 0. The zero-order valence-corrected chi connectivity index (χ0v) is 24.5. The smallest absolute Gasteiger partial charge is 0.333 e. The van der Waals surface area contributed by atoms with Crippen LogP contribution in [0.2, 0.25) is 0 Å². The number of Topliss-reactive ketones (excluding diaryl/α,β-unsaturated/α-hetero) is 1. The van der Waals surface area contributed by atoms with E-state index in [1.807, 2.05) is 20.8 Å². The van der Waals surface area contributed by atoms with Gasteiger partial charge in [0.15, 0.2) is 28.7 Å². The highest BCUT2D eigenvalue weighted by atomic mass is 16.7. The third kappa shape index (κ3) is 3.53. The van der Waals surface area contributed by atoms with Gasteiger partial charge in [-0.2, -0.15) is 0 Å². The topological polar surface area (TPSA) is 135 Å².